The van der Waals surface area contributed by atoms with Gasteiger partial charge in [0, 0.05) is 25.0 Å². The molecular formula is C28H24N6O2. The summed E-state index contributed by atoms with van der Waals surface area (Å²) in [6.07, 6.45) is 0.844. The zero-order valence-electron chi connectivity index (χ0n) is 20.2. The van der Waals surface area contributed by atoms with Crippen LogP contribution in [0.15, 0.2) is 83.0 Å². The highest BCUT2D eigenvalue weighted by Gasteiger charge is 2.25. The molecule has 1 amide bonds. The third-order valence-corrected chi connectivity index (χ3v) is 6.75. The average Bonchev–Trinajstić information content (AvgIpc) is 3.52. The Labute approximate surface area is 206 Å². The molecular weight excluding hydrogens is 452 g/mol. The van der Waals surface area contributed by atoms with Gasteiger partial charge in [0.05, 0.1) is 16.6 Å². The molecule has 36 heavy (non-hydrogen) atoms. The summed E-state index contributed by atoms with van der Waals surface area (Å²) in [5, 5.41) is 19.9. The van der Waals surface area contributed by atoms with Crippen LogP contribution in [0, 0.1) is 0 Å². The number of para-hydroxylation sites is 2. The molecule has 0 aliphatic rings. The molecule has 0 bridgehead atoms. The van der Waals surface area contributed by atoms with E-state index in [1.807, 2.05) is 88.8 Å². The molecule has 3 aromatic heterocycles. The summed E-state index contributed by atoms with van der Waals surface area (Å²) in [5.74, 6) is 0.0524. The van der Waals surface area contributed by atoms with Gasteiger partial charge in [-0.25, -0.2) is 4.98 Å². The summed E-state index contributed by atoms with van der Waals surface area (Å²) < 4.78 is 5.43. The minimum atomic E-state index is -0.541. The van der Waals surface area contributed by atoms with E-state index in [-0.39, 0.29) is 11.6 Å². The van der Waals surface area contributed by atoms with Crippen LogP contribution in [-0.4, -0.2) is 29.5 Å². The van der Waals surface area contributed by atoms with Crippen LogP contribution in [0.25, 0.3) is 39.0 Å². The van der Waals surface area contributed by atoms with Crippen molar-refractivity contribution in [1.82, 2.24) is 18.5 Å². The van der Waals surface area contributed by atoms with Crippen molar-refractivity contribution in [3.8, 4) is 17.1 Å². The first-order chi connectivity index (χ1) is 17.5. The second-order valence-corrected chi connectivity index (χ2v) is 8.80. The lowest BCUT2D eigenvalue weighted by Gasteiger charge is -2.02. The van der Waals surface area contributed by atoms with Crippen LogP contribution < -0.4 is 0 Å². The number of carbonyl (C=O) groups is 1. The number of amides is 1. The number of aromatic hydroxyl groups is 1. The number of aryl methyl sites for hydroxylation is 3. The molecule has 6 rings (SSSR count). The van der Waals surface area contributed by atoms with Gasteiger partial charge in [0.1, 0.15) is 11.4 Å². The average molecular weight is 477 g/mol. The van der Waals surface area contributed by atoms with Crippen molar-refractivity contribution in [2.75, 3.05) is 0 Å². The number of benzene rings is 3. The predicted octanol–water partition coefficient (Wildman–Crippen LogP) is 6.18. The van der Waals surface area contributed by atoms with Gasteiger partial charge in [0.25, 0.3) is 0 Å². The zero-order valence-corrected chi connectivity index (χ0v) is 20.2. The number of aromatic nitrogens is 4. The summed E-state index contributed by atoms with van der Waals surface area (Å²) in [5.41, 5.74) is 5.66. The topological polar surface area (TPSA) is 89.2 Å². The highest BCUT2D eigenvalue weighted by Crippen LogP contribution is 2.39. The fourth-order valence-corrected chi connectivity index (χ4v) is 4.82. The van der Waals surface area contributed by atoms with Crippen LogP contribution in [0.5, 0.6) is 5.88 Å². The molecule has 0 aliphatic carbocycles. The number of hydrogen-bond acceptors (Lipinski definition) is 4. The predicted molar refractivity (Wildman–Crippen MR) is 140 cm³/mol. The van der Waals surface area contributed by atoms with E-state index < -0.39 is 5.91 Å². The van der Waals surface area contributed by atoms with Crippen molar-refractivity contribution in [3.05, 3.63) is 84.1 Å². The van der Waals surface area contributed by atoms with E-state index in [1.165, 1.54) is 0 Å². The number of carbonyl (C=O) groups excluding carboxylic acids is 1. The number of rotatable bonds is 4. The number of fused-ring (bicyclic) bond motifs is 4. The fourth-order valence-electron chi connectivity index (χ4n) is 4.82. The smallest absolute Gasteiger partial charge is 0.314 e. The van der Waals surface area contributed by atoms with Crippen LogP contribution in [0.2, 0.25) is 0 Å². The first kappa shape index (κ1) is 21.8. The van der Waals surface area contributed by atoms with E-state index in [9.17, 15) is 9.90 Å². The lowest BCUT2D eigenvalue weighted by molar-refractivity contribution is 0.0990. The Morgan fingerprint density at radius 1 is 0.917 bits per heavy atom. The standard InChI is InChI=1S/C28H24N6O2/c1-4-17-14-15-20-19(16-17)24(27(36)32(20)2)30-31-26(35)25-23(18-10-6-5-7-11-18)29-28-33(3)21-12-8-9-13-22(21)34(25)28/h5-16,36H,4H2,1-3H3. The first-order valence-corrected chi connectivity index (χ1v) is 11.8. The van der Waals surface area contributed by atoms with Crippen LogP contribution >= 0.6 is 0 Å². The van der Waals surface area contributed by atoms with Gasteiger partial charge in [-0.05, 0) is 36.2 Å². The number of azo groups is 1. The molecule has 8 heteroatoms. The second-order valence-electron chi connectivity index (χ2n) is 8.80. The van der Waals surface area contributed by atoms with Gasteiger partial charge < -0.3 is 14.2 Å². The first-order valence-electron chi connectivity index (χ1n) is 11.8. The van der Waals surface area contributed by atoms with Crippen LogP contribution in [-0.2, 0) is 20.5 Å². The van der Waals surface area contributed by atoms with Crippen molar-refractivity contribution in [2.24, 2.45) is 24.3 Å². The maximum atomic E-state index is 13.7. The SMILES string of the molecule is CCc1ccc2c(c1)c(N=NC(=O)c1c(-c3ccccc3)nc3n(C)c4ccccc4n13)c(O)n2C. The molecule has 0 fully saturated rings. The van der Waals surface area contributed by atoms with Crippen molar-refractivity contribution < 1.29 is 9.90 Å². The Morgan fingerprint density at radius 2 is 1.64 bits per heavy atom. The third-order valence-electron chi connectivity index (χ3n) is 6.75. The molecule has 0 saturated carbocycles. The van der Waals surface area contributed by atoms with Gasteiger partial charge >= 0.3 is 5.91 Å². The molecule has 6 aromatic rings. The fraction of sp³-hybridized carbons (Fsp3) is 0.143. The molecule has 1 N–H and O–H groups in total. The Morgan fingerprint density at radius 3 is 2.39 bits per heavy atom. The lowest BCUT2D eigenvalue weighted by atomic mass is 10.1. The van der Waals surface area contributed by atoms with E-state index in [0.29, 0.717) is 17.2 Å². The van der Waals surface area contributed by atoms with Crippen molar-refractivity contribution in [2.45, 2.75) is 13.3 Å². The van der Waals surface area contributed by atoms with Gasteiger partial charge in [-0.3, -0.25) is 9.20 Å². The summed E-state index contributed by atoms with van der Waals surface area (Å²) in [4.78, 5) is 18.5. The van der Waals surface area contributed by atoms with Crippen molar-refractivity contribution >= 4 is 39.3 Å². The molecule has 0 aliphatic heterocycles. The monoisotopic (exact) mass is 476 g/mol. The van der Waals surface area contributed by atoms with E-state index >= 15 is 0 Å². The molecule has 0 saturated heterocycles. The Bertz CT molecular complexity index is 1820. The van der Waals surface area contributed by atoms with Crippen molar-refractivity contribution in [3.63, 3.8) is 0 Å². The molecule has 0 radical (unpaired) electrons. The van der Waals surface area contributed by atoms with Crippen molar-refractivity contribution in [1.29, 1.82) is 0 Å². The van der Waals surface area contributed by atoms with E-state index in [2.05, 4.69) is 17.2 Å². The van der Waals surface area contributed by atoms with Gasteiger partial charge in [-0.2, -0.15) is 0 Å². The minimum Gasteiger partial charge on any atom is -0.493 e. The summed E-state index contributed by atoms with van der Waals surface area (Å²) in [6.45, 7) is 2.06. The quantitative estimate of drug-likeness (QED) is 0.308. The van der Waals surface area contributed by atoms with Gasteiger partial charge in [0.15, 0.2) is 5.69 Å². The largest absolute Gasteiger partial charge is 0.493 e. The summed E-state index contributed by atoms with van der Waals surface area (Å²) in [7, 11) is 3.68. The molecule has 0 atom stereocenters. The normalized spacial score (nSPS) is 12.0. The summed E-state index contributed by atoms with van der Waals surface area (Å²) in [6, 6.07) is 23.3. The Hall–Kier alpha value is -4.72. The highest BCUT2D eigenvalue weighted by molar-refractivity contribution is 6.03. The Balaban J connectivity index is 1.56. The minimum absolute atomic E-state index is 0.0401. The molecule has 3 heterocycles. The Kier molecular flexibility index (Phi) is 4.96. The molecule has 3 aromatic carbocycles. The van der Waals surface area contributed by atoms with Gasteiger partial charge in [-0.1, -0.05) is 55.5 Å². The van der Waals surface area contributed by atoms with Gasteiger partial charge in [0.2, 0.25) is 11.7 Å². The lowest BCUT2D eigenvalue weighted by Crippen LogP contribution is -2.01. The highest BCUT2D eigenvalue weighted by atomic mass is 16.3. The van der Waals surface area contributed by atoms with E-state index in [1.54, 1.807) is 11.6 Å². The van der Waals surface area contributed by atoms with Crippen LogP contribution in [0.1, 0.15) is 23.0 Å². The maximum absolute atomic E-state index is 13.7. The number of imidazole rings is 2. The molecule has 8 nitrogen and oxygen atoms in total. The molecule has 178 valence electrons. The number of nitrogens with zero attached hydrogens (tertiary/aromatic N) is 6. The van der Waals surface area contributed by atoms with Crippen LogP contribution in [0.4, 0.5) is 5.69 Å². The second kappa shape index (κ2) is 8.20. The molecule has 0 unspecified atom stereocenters. The van der Waals surface area contributed by atoms with E-state index in [0.717, 1.165) is 39.5 Å². The summed E-state index contributed by atoms with van der Waals surface area (Å²) >= 11 is 0. The zero-order chi connectivity index (χ0) is 25.0. The van der Waals surface area contributed by atoms with Crippen LogP contribution in [0.3, 0.4) is 0 Å². The number of hydrogen-bond donors (Lipinski definition) is 1. The van der Waals surface area contributed by atoms with Gasteiger partial charge in [-0.15, -0.1) is 10.2 Å². The third kappa shape index (κ3) is 3.15. The van der Waals surface area contributed by atoms with E-state index in [4.69, 9.17) is 4.98 Å². The maximum Gasteiger partial charge on any atom is 0.314 e. The molecule has 0 spiro atoms.